The Balaban J connectivity index is 1.90. The van der Waals surface area contributed by atoms with Crippen LogP contribution in [0.1, 0.15) is 20.8 Å². The molecular weight excluding hydrogens is 598 g/mol. The molecule has 19 nitrogen and oxygen atoms in total. The minimum atomic E-state index is -1.74. The summed E-state index contributed by atoms with van der Waals surface area (Å²) in [4.78, 5) is 35.7. The van der Waals surface area contributed by atoms with Crippen LogP contribution < -0.4 is 16.0 Å². The number of amides is 3. The summed E-state index contributed by atoms with van der Waals surface area (Å²) in [5.74, 6) is -1.87. The molecule has 0 spiro atoms. The van der Waals surface area contributed by atoms with Crippen LogP contribution in [-0.2, 0) is 42.8 Å². The largest absolute Gasteiger partial charge is 0.394 e. The number of hydrogen-bond acceptors (Lipinski definition) is 16. The number of carbonyl (C=O) groups is 3. The van der Waals surface area contributed by atoms with Gasteiger partial charge in [0.2, 0.25) is 17.7 Å². The van der Waals surface area contributed by atoms with Crippen LogP contribution in [0.15, 0.2) is 0 Å². The lowest BCUT2D eigenvalue weighted by atomic mass is 9.93. The lowest BCUT2D eigenvalue weighted by molar-refractivity contribution is -0.352. The van der Waals surface area contributed by atoms with E-state index in [4.69, 9.17) is 28.4 Å². The Morgan fingerprint density at radius 1 is 0.591 bits per heavy atom. The lowest BCUT2D eigenvalue weighted by Gasteiger charge is -2.50. The zero-order valence-corrected chi connectivity index (χ0v) is 24.6. The second-order valence-electron chi connectivity index (χ2n) is 10.8. The molecule has 0 radical (unpaired) electrons. The van der Waals surface area contributed by atoms with Gasteiger partial charge in [-0.2, -0.15) is 0 Å². The summed E-state index contributed by atoms with van der Waals surface area (Å²) < 4.78 is 34.0. The maximum absolute atomic E-state index is 12.1. The van der Waals surface area contributed by atoms with Gasteiger partial charge < -0.3 is 80.1 Å². The first-order chi connectivity index (χ1) is 20.8. The van der Waals surface area contributed by atoms with Gasteiger partial charge in [-0.05, 0) is 0 Å². The highest BCUT2D eigenvalue weighted by molar-refractivity contribution is 5.74. The number of methoxy groups -OCH3 is 1. The molecule has 19 heteroatoms. The van der Waals surface area contributed by atoms with Crippen LogP contribution in [0.2, 0.25) is 0 Å². The van der Waals surface area contributed by atoms with Crippen LogP contribution in [0, 0.1) is 0 Å². The number of rotatable bonds is 11. The highest BCUT2D eigenvalue weighted by Gasteiger charge is 2.54. The number of nitrogens with one attached hydrogen (secondary N) is 3. The molecule has 0 aliphatic carbocycles. The molecule has 15 unspecified atom stereocenters. The second-order valence-corrected chi connectivity index (χ2v) is 10.8. The number of ether oxygens (including phenoxy) is 6. The summed E-state index contributed by atoms with van der Waals surface area (Å²) in [6.07, 6.45) is -17.8. The molecule has 0 aromatic rings. The topological polar surface area (TPSA) is 284 Å². The van der Waals surface area contributed by atoms with Crippen LogP contribution in [0.25, 0.3) is 0 Å². The Morgan fingerprint density at radius 2 is 0.932 bits per heavy atom. The summed E-state index contributed by atoms with van der Waals surface area (Å²) in [6, 6.07) is -4.14. The first-order valence-corrected chi connectivity index (χ1v) is 13.9. The smallest absolute Gasteiger partial charge is 0.217 e. The summed E-state index contributed by atoms with van der Waals surface area (Å²) >= 11 is 0. The summed E-state index contributed by atoms with van der Waals surface area (Å²) in [7, 11) is 1.26. The summed E-state index contributed by atoms with van der Waals surface area (Å²) in [6.45, 7) is 1.24. The van der Waals surface area contributed by atoms with Crippen LogP contribution in [0.5, 0.6) is 0 Å². The van der Waals surface area contributed by atoms with Crippen LogP contribution >= 0.6 is 0 Å². The minimum Gasteiger partial charge on any atom is -0.394 e. The highest BCUT2D eigenvalue weighted by Crippen LogP contribution is 2.32. The zero-order chi connectivity index (χ0) is 32.9. The van der Waals surface area contributed by atoms with Gasteiger partial charge >= 0.3 is 0 Å². The van der Waals surface area contributed by atoms with Gasteiger partial charge in [0, 0.05) is 27.9 Å². The molecule has 0 aromatic heterocycles. The van der Waals surface area contributed by atoms with E-state index < -0.39 is 129 Å². The molecule has 3 aliphatic rings. The van der Waals surface area contributed by atoms with Crippen molar-refractivity contribution in [2.24, 2.45) is 0 Å². The van der Waals surface area contributed by atoms with Gasteiger partial charge in [-0.3, -0.25) is 14.4 Å². The number of aliphatic hydroxyl groups excluding tert-OH is 7. The van der Waals surface area contributed by atoms with Gasteiger partial charge in [-0.25, -0.2) is 0 Å². The van der Waals surface area contributed by atoms with Crippen molar-refractivity contribution < 1.29 is 78.6 Å². The molecule has 3 heterocycles. The van der Waals surface area contributed by atoms with E-state index in [1.54, 1.807) is 0 Å². The molecule has 10 N–H and O–H groups in total. The van der Waals surface area contributed by atoms with Crippen LogP contribution in [0.3, 0.4) is 0 Å². The maximum atomic E-state index is 12.1. The van der Waals surface area contributed by atoms with E-state index in [-0.39, 0.29) is 0 Å². The van der Waals surface area contributed by atoms with Crippen LogP contribution in [-0.4, -0.2) is 172 Å². The van der Waals surface area contributed by atoms with Crippen molar-refractivity contribution in [1.82, 2.24) is 16.0 Å². The van der Waals surface area contributed by atoms with Gasteiger partial charge in [0.1, 0.15) is 73.1 Å². The maximum Gasteiger partial charge on any atom is 0.217 e. The van der Waals surface area contributed by atoms with Gasteiger partial charge in [0.15, 0.2) is 18.9 Å². The van der Waals surface area contributed by atoms with E-state index in [1.807, 2.05) is 0 Å². The second kappa shape index (κ2) is 15.9. The monoisotopic (exact) mass is 641 g/mol. The van der Waals surface area contributed by atoms with E-state index in [1.165, 1.54) is 14.0 Å². The fourth-order valence-electron chi connectivity index (χ4n) is 5.55. The van der Waals surface area contributed by atoms with Crippen LogP contribution in [0.4, 0.5) is 0 Å². The first kappa shape index (κ1) is 36.4. The first-order valence-electron chi connectivity index (χ1n) is 13.9. The Bertz CT molecular complexity index is 978. The quantitative estimate of drug-likeness (QED) is 0.100. The van der Waals surface area contributed by atoms with E-state index in [2.05, 4.69) is 16.0 Å². The highest BCUT2D eigenvalue weighted by atomic mass is 16.7. The van der Waals surface area contributed by atoms with Crippen molar-refractivity contribution in [2.75, 3.05) is 26.9 Å². The lowest BCUT2D eigenvalue weighted by Crippen LogP contribution is -2.71. The number of aliphatic hydroxyl groups is 7. The molecule has 3 fully saturated rings. The fraction of sp³-hybridized carbons (Fsp3) is 0.880. The van der Waals surface area contributed by atoms with Crippen molar-refractivity contribution in [3.63, 3.8) is 0 Å². The van der Waals surface area contributed by atoms with E-state index in [0.29, 0.717) is 0 Å². The predicted octanol–water partition coefficient (Wildman–Crippen LogP) is -6.49. The third kappa shape index (κ3) is 8.18. The molecule has 3 saturated heterocycles. The molecule has 0 aromatic carbocycles. The molecule has 0 bridgehead atoms. The Morgan fingerprint density at radius 3 is 1.32 bits per heavy atom. The van der Waals surface area contributed by atoms with E-state index in [0.717, 1.165) is 13.8 Å². The molecule has 3 rings (SSSR count). The third-order valence-electron chi connectivity index (χ3n) is 7.54. The molecule has 3 aliphatic heterocycles. The Kier molecular flexibility index (Phi) is 13.2. The summed E-state index contributed by atoms with van der Waals surface area (Å²) in [5.41, 5.74) is 0. The average Bonchev–Trinajstić information content (AvgIpc) is 2.96. The standard InChI is InChI=1S/C25H43N3O16/c1-8(32)26-14-17(35)21(12(6-30)40-23(14)38)43-25-16(28-10(3)34)19(37)22(13(7-31)42-25)44-24-15(27-9(2)33)18(36)20(39-4)11(5-29)41-24/h11-25,29-31,35-38H,5-7H2,1-4H3,(H,26,32)(H,27,33)(H,28,34). The predicted molar refractivity (Wildman–Crippen MR) is 141 cm³/mol. The zero-order valence-electron chi connectivity index (χ0n) is 24.6. The fourth-order valence-corrected chi connectivity index (χ4v) is 5.55. The van der Waals surface area contributed by atoms with Gasteiger partial charge in [0.25, 0.3) is 0 Å². The van der Waals surface area contributed by atoms with Crippen molar-refractivity contribution in [1.29, 1.82) is 0 Å². The molecule has 3 amide bonds. The Hall–Kier alpha value is -2.11. The number of hydrogen-bond donors (Lipinski definition) is 10. The van der Waals surface area contributed by atoms with Gasteiger partial charge in [-0.15, -0.1) is 0 Å². The van der Waals surface area contributed by atoms with Crippen molar-refractivity contribution in [3.05, 3.63) is 0 Å². The molecule has 0 saturated carbocycles. The molecule has 44 heavy (non-hydrogen) atoms. The minimum absolute atomic E-state index is 0.582. The Labute approximate surface area is 252 Å². The molecule has 254 valence electrons. The molecule has 15 atom stereocenters. The van der Waals surface area contributed by atoms with Crippen molar-refractivity contribution >= 4 is 17.7 Å². The van der Waals surface area contributed by atoms with Crippen molar-refractivity contribution in [3.8, 4) is 0 Å². The normalized spacial score (nSPS) is 42.8. The van der Waals surface area contributed by atoms with E-state index >= 15 is 0 Å². The molecular formula is C25H43N3O16. The summed E-state index contributed by atoms with van der Waals surface area (Å²) in [5, 5.41) is 80.6. The average molecular weight is 642 g/mol. The SMILES string of the molecule is COC1C(CO)OC(OC2C(CO)OC(OC3C(CO)OC(O)C(NC(C)=O)C3O)C(NC(C)=O)C2O)C(NC(C)=O)C1O. The third-order valence-corrected chi connectivity index (χ3v) is 7.54. The van der Waals surface area contributed by atoms with Crippen molar-refractivity contribution in [2.45, 2.75) is 113 Å². The van der Waals surface area contributed by atoms with Gasteiger partial charge in [-0.1, -0.05) is 0 Å². The van der Waals surface area contributed by atoms with Gasteiger partial charge in [0.05, 0.1) is 19.8 Å². The number of carbonyl (C=O) groups excluding carboxylic acids is 3. The van der Waals surface area contributed by atoms with E-state index in [9.17, 15) is 50.1 Å².